The second-order valence-corrected chi connectivity index (χ2v) is 9.83. The van der Waals surface area contributed by atoms with Crippen molar-refractivity contribution in [1.29, 1.82) is 0 Å². The molecule has 0 aliphatic rings. The predicted octanol–water partition coefficient (Wildman–Crippen LogP) is 5.68. The maximum Gasteiger partial charge on any atom is 0.224 e. The third-order valence-electron chi connectivity index (χ3n) is 6.28. The lowest BCUT2D eigenvalue weighted by Gasteiger charge is -2.13. The van der Waals surface area contributed by atoms with Gasteiger partial charge in [0.15, 0.2) is 11.6 Å². The van der Waals surface area contributed by atoms with Gasteiger partial charge in [-0.2, -0.15) is 5.10 Å². The zero-order valence-electron chi connectivity index (χ0n) is 21.5. The highest BCUT2D eigenvalue weighted by atomic mass is 32.1. The van der Waals surface area contributed by atoms with Crippen LogP contribution in [0.25, 0.3) is 32.9 Å². The number of amides is 1. The van der Waals surface area contributed by atoms with Crippen LogP contribution in [0.15, 0.2) is 59.5 Å². The number of rotatable bonds is 9. The summed E-state index contributed by atoms with van der Waals surface area (Å²) in [6, 6.07) is 7.37. The highest BCUT2D eigenvalue weighted by molar-refractivity contribution is 7.13. The summed E-state index contributed by atoms with van der Waals surface area (Å²) in [6.45, 7) is 3.92. The molecule has 4 N–H and O–H groups in total. The molecular formula is C28H27FN8OS. The van der Waals surface area contributed by atoms with Gasteiger partial charge in [-0.15, -0.1) is 11.3 Å². The first-order chi connectivity index (χ1) is 19.0. The number of nitrogens with two attached hydrogens (primary N) is 1. The van der Waals surface area contributed by atoms with Gasteiger partial charge in [0.2, 0.25) is 5.91 Å². The molecule has 0 aliphatic carbocycles. The van der Waals surface area contributed by atoms with Gasteiger partial charge in [-0.1, -0.05) is 26.3 Å². The number of nitrogens with zero attached hydrogens (tertiary/aromatic N) is 5. The van der Waals surface area contributed by atoms with Crippen molar-refractivity contribution in [2.24, 2.45) is 10.9 Å². The van der Waals surface area contributed by atoms with Crippen molar-refractivity contribution in [3.8, 4) is 21.8 Å². The number of H-pyrrole nitrogens is 1. The molecule has 0 atom stereocenters. The number of aromatic nitrogens is 5. The van der Waals surface area contributed by atoms with E-state index in [1.54, 1.807) is 35.9 Å². The van der Waals surface area contributed by atoms with Crippen LogP contribution in [0.5, 0.6) is 0 Å². The van der Waals surface area contributed by atoms with Crippen molar-refractivity contribution in [2.75, 3.05) is 5.32 Å². The number of carbonyl (C=O) groups is 1. The Hall–Kier alpha value is -4.51. The monoisotopic (exact) mass is 542 g/mol. The first kappa shape index (κ1) is 26.1. The fraction of sp³-hybridized carbons (Fsp3) is 0.214. The molecule has 0 radical (unpaired) electrons. The lowest BCUT2D eigenvalue weighted by molar-refractivity contribution is -0.116. The van der Waals surface area contributed by atoms with Gasteiger partial charge in [0.1, 0.15) is 22.6 Å². The zero-order chi connectivity index (χ0) is 27.4. The van der Waals surface area contributed by atoms with E-state index in [1.165, 1.54) is 12.4 Å². The van der Waals surface area contributed by atoms with Crippen molar-refractivity contribution in [3.63, 3.8) is 0 Å². The van der Waals surface area contributed by atoms with Gasteiger partial charge in [0.05, 0.1) is 22.3 Å². The van der Waals surface area contributed by atoms with Crippen LogP contribution in [0.1, 0.15) is 50.1 Å². The van der Waals surface area contributed by atoms with E-state index in [0.717, 1.165) is 28.9 Å². The van der Waals surface area contributed by atoms with Gasteiger partial charge >= 0.3 is 0 Å². The van der Waals surface area contributed by atoms with Crippen LogP contribution >= 0.6 is 11.3 Å². The molecule has 5 heterocycles. The summed E-state index contributed by atoms with van der Waals surface area (Å²) in [5.74, 6) is 5.45. The molecule has 0 saturated carbocycles. The molecule has 5 aromatic heterocycles. The SMILES string of the molecule is CCCCC(=O)Nc1cncc(-c2ncc(CC)c(/C(=N\N)c3nc4c(-c5cccs5)nccc4[nH]3)c2F)c1. The Morgan fingerprint density at radius 2 is 2.05 bits per heavy atom. The Bertz CT molecular complexity index is 1660. The molecule has 0 spiro atoms. The number of hydrogen-bond acceptors (Lipinski definition) is 8. The van der Waals surface area contributed by atoms with Crippen LogP contribution in [-0.2, 0) is 11.2 Å². The van der Waals surface area contributed by atoms with Crippen molar-refractivity contribution in [2.45, 2.75) is 39.5 Å². The molecule has 9 nitrogen and oxygen atoms in total. The smallest absolute Gasteiger partial charge is 0.224 e. The van der Waals surface area contributed by atoms with Gasteiger partial charge in [0, 0.05) is 36.1 Å². The number of fused-ring (bicyclic) bond motifs is 1. The Morgan fingerprint density at radius 1 is 1.18 bits per heavy atom. The largest absolute Gasteiger partial charge is 0.336 e. The van der Waals surface area contributed by atoms with Crippen molar-refractivity contribution < 1.29 is 9.18 Å². The van der Waals surface area contributed by atoms with Crippen molar-refractivity contribution in [1.82, 2.24) is 24.9 Å². The van der Waals surface area contributed by atoms with Gasteiger partial charge in [-0.3, -0.25) is 19.7 Å². The highest BCUT2D eigenvalue weighted by Gasteiger charge is 2.24. The van der Waals surface area contributed by atoms with Gasteiger partial charge in [0.25, 0.3) is 0 Å². The molecular weight excluding hydrogens is 515 g/mol. The lowest BCUT2D eigenvalue weighted by Crippen LogP contribution is -2.15. The van der Waals surface area contributed by atoms with E-state index in [4.69, 9.17) is 10.8 Å². The molecule has 198 valence electrons. The predicted molar refractivity (Wildman–Crippen MR) is 152 cm³/mol. The summed E-state index contributed by atoms with van der Waals surface area (Å²) in [7, 11) is 0. The summed E-state index contributed by atoms with van der Waals surface area (Å²) in [5, 5.41) is 8.76. The Labute approximate surface area is 228 Å². The number of halogens is 1. The summed E-state index contributed by atoms with van der Waals surface area (Å²) in [5.41, 5.74) is 4.02. The van der Waals surface area contributed by atoms with E-state index in [-0.39, 0.29) is 22.9 Å². The van der Waals surface area contributed by atoms with Gasteiger partial charge < -0.3 is 16.1 Å². The van der Waals surface area contributed by atoms with Gasteiger partial charge in [-0.25, -0.2) is 9.37 Å². The minimum Gasteiger partial charge on any atom is -0.336 e. The Morgan fingerprint density at radius 3 is 2.79 bits per heavy atom. The topological polar surface area (TPSA) is 135 Å². The Balaban J connectivity index is 1.57. The van der Waals surface area contributed by atoms with E-state index in [9.17, 15) is 4.79 Å². The maximum atomic E-state index is 16.3. The number of aromatic amines is 1. The zero-order valence-corrected chi connectivity index (χ0v) is 22.3. The molecule has 5 rings (SSSR count). The second-order valence-electron chi connectivity index (χ2n) is 8.88. The number of carbonyl (C=O) groups excluding carboxylic acids is 1. The van der Waals surface area contributed by atoms with E-state index in [0.29, 0.717) is 41.0 Å². The van der Waals surface area contributed by atoms with Crippen molar-refractivity contribution in [3.05, 3.63) is 77.2 Å². The molecule has 11 heteroatoms. The average molecular weight is 543 g/mol. The van der Waals surface area contributed by atoms with Crippen molar-refractivity contribution >= 4 is 39.7 Å². The number of thiophene rings is 1. The fourth-order valence-corrected chi connectivity index (χ4v) is 5.05. The van der Waals surface area contributed by atoms with Gasteiger partial charge in [-0.05, 0) is 42.0 Å². The molecule has 5 aromatic rings. The van der Waals surface area contributed by atoms with Crippen LogP contribution in [-0.4, -0.2) is 36.5 Å². The summed E-state index contributed by atoms with van der Waals surface area (Å²) in [4.78, 5) is 34.2. The first-order valence-corrected chi connectivity index (χ1v) is 13.5. The minimum atomic E-state index is -0.605. The third kappa shape index (κ3) is 5.26. The molecule has 0 aromatic carbocycles. The molecule has 0 saturated heterocycles. The van der Waals surface area contributed by atoms with E-state index in [1.807, 2.05) is 31.4 Å². The lowest BCUT2D eigenvalue weighted by atomic mass is 9.99. The Kier molecular flexibility index (Phi) is 7.69. The molecule has 1 amide bonds. The van der Waals surface area contributed by atoms with E-state index in [2.05, 4.69) is 30.4 Å². The summed E-state index contributed by atoms with van der Waals surface area (Å²) < 4.78 is 16.3. The summed E-state index contributed by atoms with van der Waals surface area (Å²) in [6.07, 6.45) is 8.91. The average Bonchev–Trinajstić information content (AvgIpc) is 3.63. The van der Waals surface area contributed by atoms with E-state index < -0.39 is 5.82 Å². The number of imidazole rings is 1. The number of pyridine rings is 3. The first-order valence-electron chi connectivity index (χ1n) is 12.6. The number of nitrogens with one attached hydrogen (secondary N) is 2. The molecule has 0 aliphatic heterocycles. The van der Waals surface area contributed by atoms with E-state index >= 15 is 4.39 Å². The molecule has 0 bridgehead atoms. The minimum absolute atomic E-state index is 0.0672. The van der Waals surface area contributed by atoms with Crippen LogP contribution in [0.2, 0.25) is 0 Å². The number of aryl methyl sites for hydroxylation is 1. The highest BCUT2D eigenvalue weighted by Crippen LogP contribution is 2.31. The maximum absolute atomic E-state index is 16.3. The molecule has 0 fully saturated rings. The second kappa shape index (κ2) is 11.5. The third-order valence-corrected chi connectivity index (χ3v) is 7.15. The number of hydrazone groups is 1. The standard InChI is InChI=1S/C28H27FN8OS/c1-3-5-8-21(38)34-18-12-17(13-31-15-18)24-23(29)22(16(4-2)14-33-24)27(37-30)28-35-19-9-10-32-26(25(19)36-28)20-7-6-11-39-20/h6-7,9-15H,3-5,8,30H2,1-2H3,(H,34,38)(H,35,36)/b37-27+. The van der Waals surface area contributed by atoms with Crippen LogP contribution in [0, 0.1) is 5.82 Å². The quantitative estimate of drug-likeness (QED) is 0.125. The fourth-order valence-electron chi connectivity index (χ4n) is 4.33. The van der Waals surface area contributed by atoms with Crippen LogP contribution in [0.4, 0.5) is 10.1 Å². The number of anilines is 1. The molecule has 0 unspecified atom stereocenters. The summed E-state index contributed by atoms with van der Waals surface area (Å²) >= 11 is 1.56. The normalized spacial score (nSPS) is 11.7. The van der Waals surface area contributed by atoms with Crippen LogP contribution in [0.3, 0.4) is 0 Å². The van der Waals surface area contributed by atoms with Crippen LogP contribution < -0.4 is 11.2 Å². The molecule has 39 heavy (non-hydrogen) atoms. The number of unbranched alkanes of at least 4 members (excludes halogenated alkanes) is 1. The number of hydrogen-bond donors (Lipinski definition) is 3.